The maximum atomic E-state index is 13.5. The molecule has 2 aromatic carbocycles. The molecule has 9 heteroatoms. The van der Waals surface area contributed by atoms with E-state index in [2.05, 4.69) is 5.32 Å². The SMILES string of the molecule is Cc1ccc(N(C)C(=O)[C@@H]2CCCN(S(=O)(=O)c3cc4c(cc3C)NC(=O)[C@H](C)O4)C2)cc1. The molecule has 2 atom stereocenters. The van der Waals surface area contributed by atoms with Gasteiger partial charge in [-0.1, -0.05) is 17.7 Å². The Morgan fingerprint density at radius 2 is 1.88 bits per heavy atom. The van der Waals surface area contributed by atoms with Crippen molar-refractivity contribution < 1.29 is 22.7 Å². The van der Waals surface area contributed by atoms with E-state index in [-0.39, 0.29) is 23.3 Å². The smallest absolute Gasteiger partial charge is 0.265 e. The van der Waals surface area contributed by atoms with Crippen LogP contribution in [0.2, 0.25) is 0 Å². The van der Waals surface area contributed by atoms with Crippen molar-refractivity contribution in [2.75, 3.05) is 30.4 Å². The lowest BCUT2D eigenvalue weighted by Gasteiger charge is -2.34. The minimum Gasteiger partial charge on any atom is -0.479 e. The Morgan fingerprint density at radius 3 is 2.58 bits per heavy atom. The van der Waals surface area contributed by atoms with Crippen molar-refractivity contribution in [3.05, 3.63) is 47.5 Å². The van der Waals surface area contributed by atoms with Crippen LogP contribution < -0.4 is 15.0 Å². The van der Waals surface area contributed by atoms with E-state index < -0.39 is 22.0 Å². The molecule has 0 saturated carbocycles. The molecule has 4 rings (SSSR count). The summed E-state index contributed by atoms with van der Waals surface area (Å²) >= 11 is 0. The normalized spacial score (nSPS) is 21.0. The molecule has 176 valence electrons. The second-order valence-corrected chi connectivity index (χ2v) is 10.7. The van der Waals surface area contributed by atoms with Crippen LogP contribution in [0.25, 0.3) is 0 Å². The van der Waals surface area contributed by atoms with Crippen molar-refractivity contribution in [2.24, 2.45) is 5.92 Å². The fourth-order valence-electron chi connectivity index (χ4n) is 4.29. The van der Waals surface area contributed by atoms with Gasteiger partial charge in [0, 0.05) is 31.9 Å². The molecule has 0 unspecified atom stereocenters. The first-order valence-electron chi connectivity index (χ1n) is 11.0. The number of rotatable bonds is 4. The van der Waals surface area contributed by atoms with Gasteiger partial charge >= 0.3 is 0 Å². The van der Waals surface area contributed by atoms with Gasteiger partial charge in [-0.3, -0.25) is 9.59 Å². The lowest BCUT2D eigenvalue weighted by atomic mass is 9.98. The van der Waals surface area contributed by atoms with E-state index in [1.165, 1.54) is 10.4 Å². The highest BCUT2D eigenvalue weighted by Crippen LogP contribution is 2.36. The molecule has 0 radical (unpaired) electrons. The van der Waals surface area contributed by atoms with Crippen LogP contribution in [0.4, 0.5) is 11.4 Å². The number of amides is 2. The molecule has 0 aliphatic carbocycles. The fourth-order valence-corrected chi connectivity index (χ4v) is 6.04. The molecule has 1 fully saturated rings. The highest BCUT2D eigenvalue weighted by molar-refractivity contribution is 7.89. The van der Waals surface area contributed by atoms with Gasteiger partial charge < -0.3 is 15.0 Å². The van der Waals surface area contributed by atoms with Gasteiger partial charge in [0.15, 0.2) is 6.10 Å². The quantitative estimate of drug-likeness (QED) is 0.739. The summed E-state index contributed by atoms with van der Waals surface area (Å²) in [6.45, 7) is 5.76. The lowest BCUT2D eigenvalue weighted by Crippen LogP contribution is -2.46. The Labute approximate surface area is 194 Å². The average Bonchev–Trinajstić information content (AvgIpc) is 2.79. The number of carbonyl (C=O) groups excluding carboxylic acids is 2. The molecule has 0 bridgehead atoms. The number of nitrogens with zero attached hydrogens (tertiary/aromatic N) is 2. The Bertz CT molecular complexity index is 1190. The van der Waals surface area contributed by atoms with Gasteiger partial charge in [-0.15, -0.1) is 0 Å². The molecule has 2 aliphatic rings. The Hall–Kier alpha value is -2.91. The second kappa shape index (κ2) is 8.79. The standard InChI is InChI=1S/C24H29N3O5S/c1-15-7-9-19(10-8-15)26(4)24(29)18-6-5-11-27(14-18)33(30,31)22-13-21-20(12-16(22)2)25-23(28)17(3)32-21/h7-10,12-13,17-18H,5-6,11,14H2,1-4H3,(H,25,28)/t17-,18+/m0/s1. The molecule has 0 spiro atoms. The maximum absolute atomic E-state index is 13.5. The largest absolute Gasteiger partial charge is 0.479 e. The monoisotopic (exact) mass is 471 g/mol. The van der Waals surface area contributed by atoms with Crippen molar-refractivity contribution in [1.82, 2.24) is 4.31 Å². The fraction of sp³-hybridized carbons (Fsp3) is 0.417. The van der Waals surface area contributed by atoms with Crippen molar-refractivity contribution >= 4 is 33.2 Å². The molecule has 2 amide bonds. The minimum absolute atomic E-state index is 0.0965. The number of hydrogen-bond acceptors (Lipinski definition) is 5. The number of piperidine rings is 1. The molecule has 2 aliphatic heterocycles. The van der Waals surface area contributed by atoms with E-state index >= 15 is 0 Å². The van der Waals surface area contributed by atoms with E-state index in [0.717, 1.165) is 11.3 Å². The van der Waals surface area contributed by atoms with E-state index in [1.54, 1.807) is 31.9 Å². The van der Waals surface area contributed by atoms with Gasteiger partial charge in [0.05, 0.1) is 16.5 Å². The first kappa shape index (κ1) is 23.3. The summed E-state index contributed by atoms with van der Waals surface area (Å²) < 4.78 is 34.1. The summed E-state index contributed by atoms with van der Waals surface area (Å²) in [5.41, 5.74) is 2.86. The summed E-state index contributed by atoms with van der Waals surface area (Å²) in [6.07, 6.45) is 0.534. The molecular weight excluding hydrogens is 442 g/mol. The van der Waals surface area contributed by atoms with Crippen LogP contribution >= 0.6 is 0 Å². The molecule has 2 aromatic rings. The summed E-state index contributed by atoms with van der Waals surface area (Å²) in [5.74, 6) is -0.461. The van der Waals surface area contributed by atoms with Gasteiger partial charge in [-0.2, -0.15) is 4.31 Å². The molecule has 2 heterocycles. The third-order valence-corrected chi connectivity index (χ3v) is 8.32. The molecule has 33 heavy (non-hydrogen) atoms. The number of nitrogens with one attached hydrogen (secondary N) is 1. The Morgan fingerprint density at radius 1 is 1.18 bits per heavy atom. The highest BCUT2D eigenvalue weighted by Gasteiger charge is 2.36. The zero-order chi connectivity index (χ0) is 23.9. The molecule has 1 N–H and O–H groups in total. The molecule has 8 nitrogen and oxygen atoms in total. The minimum atomic E-state index is -3.85. The number of anilines is 2. The van der Waals surface area contributed by atoms with Crippen molar-refractivity contribution in [3.63, 3.8) is 0 Å². The number of carbonyl (C=O) groups is 2. The van der Waals surface area contributed by atoms with Crippen LogP contribution in [0.15, 0.2) is 41.3 Å². The number of fused-ring (bicyclic) bond motifs is 1. The second-order valence-electron chi connectivity index (χ2n) is 8.80. The summed E-state index contributed by atoms with van der Waals surface area (Å²) in [4.78, 5) is 26.8. The first-order chi connectivity index (χ1) is 15.6. The van der Waals surface area contributed by atoms with Gasteiger partial charge in [0.25, 0.3) is 5.91 Å². The first-order valence-corrected chi connectivity index (χ1v) is 12.5. The van der Waals surface area contributed by atoms with Crippen LogP contribution in [0.3, 0.4) is 0 Å². The van der Waals surface area contributed by atoms with Crippen LogP contribution in [0.1, 0.15) is 30.9 Å². The summed E-state index contributed by atoms with van der Waals surface area (Å²) in [6, 6.07) is 10.8. The number of sulfonamides is 1. The van der Waals surface area contributed by atoms with Crippen molar-refractivity contribution in [3.8, 4) is 5.75 Å². The van der Waals surface area contributed by atoms with E-state index in [4.69, 9.17) is 4.74 Å². The molecular formula is C24H29N3O5S. The van der Waals surface area contributed by atoms with Gasteiger partial charge in [-0.05, 0) is 57.4 Å². The van der Waals surface area contributed by atoms with Crippen molar-refractivity contribution in [1.29, 1.82) is 0 Å². The zero-order valence-electron chi connectivity index (χ0n) is 19.3. The zero-order valence-corrected chi connectivity index (χ0v) is 20.1. The van der Waals surface area contributed by atoms with E-state index in [9.17, 15) is 18.0 Å². The number of aryl methyl sites for hydroxylation is 2. The number of benzene rings is 2. The van der Waals surface area contributed by atoms with Gasteiger partial charge in [0.1, 0.15) is 5.75 Å². The third-order valence-electron chi connectivity index (χ3n) is 6.31. The topological polar surface area (TPSA) is 96.0 Å². The Balaban J connectivity index is 1.56. The highest BCUT2D eigenvalue weighted by atomic mass is 32.2. The Kier molecular flexibility index (Phi) is 6.20. The van der Waals surface area contributed by atoms with E-state index in [0.29, 0.717) is 36.4 Å². The van der Waals surface area contributed by atoms with Gasteiger partial charge in [-0.25, -0.2) is 8.42 Å². The van der Waals surface area contributed by atoms with Crippen LogP contribution in [-0.4, -0.2) is 50.8 Å². The van der Waals surface area contributed by atoms with Crippen LogP contribution in [0.5, 0.6) is 5.75 Å². The van der Waals surface area contributed by atoms with Crippen LogP contribution in [-0.2, 0) is 19.6 Å². The summed E-state index contributed by atoms with van der Waals surface area (Å²) in [5, 5.41) is 2.74. The van der Waals surface area contributed by atoms with E-state index in [1.807, 2.05) is 31.2 Å². The van der Waals surface area contributed by atoms with Crippen molar-refractivity contribution in [2.45, 2.75) is 44.6 Å². The molecule has 0 aromatic heterocycles. The van der Waals surface area contributed by atoms with Crippen LogP contribution in [0, 0.1) is 19.8 Å². The predicted octanol–water partition coefficient (Wildman–Crippen LogP) is 3.09. The van der Waals surface area contributed by atoms with Gasteiger partial charge in [0.2, 0.25) is 15.9 Å². The number of hydrogen-bond donors (Lipinski definition) is 1. The average molecular weight is 472 g/mol. The summed E-state index contributed by atoms with van der Waals surface area (Å²) in [7, 11) is -2.13. The third kappa shape index (κ3) is 4.47. The maximum Gasteiger partial charge on any atom is 0.265 e. The predicted molar refractivity (Wildman–Crippen MR) is 126 cm³/mol. The molecule has 1 saturated heterocycles. The lowest BCUT2D eigenvalue weighted by molar-refractivity contribution is -0.123. The number of ether oxygens (including phenoxy) is 1.